The van der Waals surface area contributed by atoms with Gasteiger partial charge in [-0.2, -0.15) is 0 Å². The van der Waals surface area contributed by atoms with E-state index in [2.05, 4.69) is 49.6 Å². The monoisotopic (exact) mass is 688 g/mol. The third kappa shape index (κ3) is 6.11. The molecule has 2 amide bonds. The summed E-state index contributed by atoms with van der Waals surface area (Å²) in [5.74, 6) is 5.43. The predicted octanol–water partition coefficient (Wildman–Crippen LogP) is 9.06. The van der Waals surface area contributed by atoms with Crippen LogP contribution in [0.15, 0.2) is 46.7 Å². The number of thiophene rings is 1. The van der Waals surface area contributed by atoms with Crippen LogP contribution in [-0.2, 0) is 10.8 Å². The van der Waals surface area contributed by atoms with E-state index in [9.17, 15) is 14.1 Å². The second kappa shape index (κ2) is 13.9. The average Bonchev–Trinajstić information content (AvgIpc) is 3.69. The van der Waals surface area contributed by atoms with Gasteiger partial charge in [-0.25, -0.2) is 9.00 Å². The molecule has 5 aliphatic carbocycles. The minimum atomic E-state index is -1.50. The van der Waals surface area contributed by atoms with Crippen LogP contribution in [0, 0.1) is 75.4 Å². The fourth-order valence-electron chi connectivity index (χ4n) is 12.1. The molecule has 2 aromatic rings. The van der Waals surface area contributed by atoms with Crippen LogP contribution in [0.3, 0.4) is 0 Å². The minimum absolute atomic E-state index is 0.177. The standard InChI is InChI=1S/C41H56N2O3S2/c1-5-30-34-24-29(27-12-9-13-27)18-20-41(34,4)33-19-21-40(3)31(14-15-32(40)37(33)38(30)44)26(2)25-43-39(45)42-22-23-48(46)36-17-16-35(47-36)28-10-7-6-8-11-28/h6-8,10-11,16-17,26-27,29-34,37-38,44H,5,9,12-15,18-21,24-25H2,1-4H3,(H2,42,43,45)/t26-,29-,30-,31-,32+,33+,34+,37+,38-,40-,41-,48?/m1/s1. The van der Waals surface area contributed by atoms with Crippen LogP contribution in [-0.4, -0.2) is 28.0 Å². The maximum atomic E-state index is 12.8. The number of aliphatic hydroxyl groups is 1. The van der Waals surface area contributed by atoms with Crippen molar-refractivity contribution in [2.75, 3.05) is 6.54 Å². The Morgan fingerprint density at radius 2 is 1.73 bits per heavy atom. The molecule has 1 aromatic carbocycles. The van der Waals surface area contributed by atoms with Crippen molar-refractivity contribution in [3.05, 3.63) is 42.5 Å². The van der Waals surface area contributed by atoms with Crippen molar-refractivity contribution in [3.63, 3.8) is 0 Å². The summed E-state index contributed by atoms with van der Waals surface area (Å²) in [6.07, 6.45) is 14.2. The van der Waals surface area contributed by atoms with Crippen LogP contribution in [0.25, 0.3) is 10.4 Å². The number of aliphatic hydroxyl groups excluding tert-OH is 1. The lowest BCUT2D eigenvalue weighted by Gasteiger charge is -2.65. The van der Waals surface area contributed by atoms with Crippen LogP contribution >= 0.6 is 11.3 Å². The maximum absolute atomic E-state index is 12.8. The van der Waals surface area contributed by atoms with Gasteiger partial charge in [0.1, 0.15) is 15.0 Å². The first kappa shape index (κ1) is 34.3. The van der Waals surface area contributed by atoms with E-state index in [-0.39, 0.29) is 17.6 Å². The number of rotatable bonds is 7. The lowest BCUT2D eigenvalue weighted by atomic mass is 9.40. The van der Waals surface area contributed by atoms with E-state index in [0.29, 0.717) is 57.6 Å². The summed E-state index contributed by atoms with van der Waals surface area (Å²) < 4.78 is 13.4. The molecule has 7 rings (SSSR count). The second-order valence-electron chi connectivity index (χ2n) is 16.7. The van der Waals surface area contributed by atoms with Crippen LogP contribution in [0.4, 0.5) is 4.79 Å². The molecule has 3 N–H and O–H groups in total. The van der Waals surface area contributed by atoms with Crippen molar-refractivity contribution >= 4 is 28.2 Å². The summed E-state index contributed by atoms with van der Waals surface area (Å²) in [5, 5.41) is 20.6. The zero-order valence-corrected chi connectivity index (χ0v) is 31.0. The molecule has 5 fully saturated rings. The van der Waals surface area contributed by atoms with Crippen molar-refractivity contribution in [2.45, 2.75) is 109 Å². The highest BCUT2D eigenvalue weighted by Gasteiger charge is 2.65. The second-order valence-corrected chi connectivity index (χ2v) is 19.2. The quantitative estimate of drug-likeness (QED) is 0.201. The van der Waals surface area contributed by atoms with Gasteiger partial charge in [-0.1, -0.05) is 83.7 Å². The van der Waals surface area contributed by atoms with E-state index in [0.717, 1.165) is 28.7 Å². The molecule has 7 heteroatoms. The van der Waals surface area contributed by atoms with E-state index < -0.39 is 10.8 Å². The summed E-state index contributed by atoms with van der Waals surface area (Å²) in [6, 6.07) is 16.1. The number of amides is 2. The highest BCUT2D eigenvalue weighted by atomic mass is 32.2. The fourth-order valence-corrected chi connectivity index (χ4v) is 14.0. The lowest BCUT2D eigenvalue weighted by Crippen LogP contribution is -2.62. The topological polar surface area (TPSA) is 78.4 Å². The Balaban J connectivity index is 0.953. The Kier molecular flexibility index (Phi) is 9.92. The smallest absolute Gasteiger partial charge is 0.326 e. The summed E-state index contributed by atoms with van der Waals surface area (Å²) in [6.45, 7) is 10.4. The van der Waals surface area contributed by atoms with Crippen molar-refractivity contribution in [1.29, 1.82) is 0 Å². The number of nitrogens with one attached hydrogen (secondary N) is 2. The molecule has 5 nitrogen and oxygen atoms in total. The molecule has 5 aliphatic rings. The van der Waals surface area contributed by atoms with Gasteiger partial charge < -0.3 is 10.4 Å². The highest BCUT2D eigenvalue weighted by Crippen LogP contribution is 2.70. The third-order valence-corrected chi connectivity index (χ3v) is 17.2. The van der Waals surface area contributed by atoms with Crippen molar-refractivity contribution in [2.24, 2.45) is 64.1 Å². The first-order valence-electron chi connectivity index (χ1n) is 18.9. The normalized spacial score (nSPS) is 38.6. The van der Waals surface area contributed by atoms with E-state index in [1.807, 2.05) is 42.5 Å². The van der Waals surface area contributed by atoms with Gasteiger partial charge in [-0.3, -0.25) is 5.32 Å². The molecular formula is C41H56N2O3S2. The zero-order valence-electron chi connectivity index (χ0n) is 29.4. The van der Waals surface area contributed by atoms with E-state index >= 15 is 0 Å². The van der Waals surface area contributed by atoms with Crippen molar-refractivity contribution in [3.8, 4) is 21.7 Å². The molecule has 0 spiro atoms. The van der Waals surface area contributed by atoms with Crippen molar-refractivity contribution in [1.82, 2.24) is 10.6 Å². The van der Waals surface area contributed by atoms with Gasteiger partial charge in [0.25, 0.3) is 0 Å². The first-order chi connectivity index (χ1) is 23.1. The average molecular weight is 689 g/mol. The van der Waals surface area contributed by atoms with Gasteiger partial charge in [-0.15, -0.1) is 11.3 Å². The molecule has 48 heavy (non-hydrogen) atoms. The number of hydrogen-bond donors (Lipinski definition) is 3. The Morgan fingerprint density at radius 1 is 0.979 bits per heavy atom. The van der Waals surface area contributed by atoms with Crippen LogP contribution in [0.1, 0.15) is 98.3 Å². The van der Waals surface area contributed by atoms with Gasteiger partial charge in [-0.05, 0) is 127 Å². The predicted molar refractivity (Wildman–Crippen MR) is 196 cm³/mol. The molecule has 0 radical (unpaired) electrons. The molecule has 0 aliphatic heterocycles. The number of carbonyl (C=O) groups excluding carboxylic acids is 1. The maximum Gasteiger partial charge on any atom is 0.326 e. The fraction of sp³-hybridized carbons (Fsp3) is 0.683. The molecule has 1 heterocycles. The van der Waals surface area contributed by atoms with Crippen LogP contribution in [0.2, 0.25) is 0 Å². The molecule has 1 unspecified atom stereocenters. The van der Waals surface area contributed by atoms with Gasteiger partial charge in [0.2, 0.25) is 0 Å². The molecule has 0 saturated heterocycles. The highest BCUT2D eigenvalue weighted by molar-refractivity contribution is 7.92. The number of hydrogen-bond acceptors (Lipinski definition) is 4. The Hall–Kier alpha value is -2.14. The Labute approximate surface area is 295 Å². The lowest BCUT2D eigenvalue weighted by molar-refractivity contribution is -0.202. The number of benzene rings is 1. The molecule has 5 saturated carbocycles. The zero-order chi connectivity index (χ0) is 33.6. The molecule has 0 bridgehead atoms. The Morgan fingerprint density at radius 3 is 2.46 bits per heavy atom. The van der Waals surface area contributed by atoms with E-state index in [1.54, 1.807) is 0 Å². The molecule has 1 aromatic heterocycles. The number of urea groups is 1. The van der Waals surface area contributed by atoms with Crippen LogP contribution < -0.4 is 10.6 Å². The largest absolute Gasteiger partial charge is 0.393 e. The summed E-state index contributed by atoms with van der Waals surface area (Å²) in [4.78, 5) is 13.8. The van der Waals surface area contributed by atoms with Gasteiger partial charge in [0, 0.05) is 22.7 Å². The molecule has 12 atom stereocenters. The van der Waals surface area contributed by atoms with Crippen molar-refractivity contribution < 1.29 is 14.1 Å². The van der Waals surface area contributed by atoms with E-state index in [4.69, 9.17) is 0 Å². The minimum Gasteiger partial charge on any atom is -0.393 e. The molecular weight excluding hydrogens is 633 g/mol. The van der Waals surface area contributed by atoms with E-state index in [1.165, 1.54) is 75.5 Å². The summed E-state index contributed by atoms with van der Waals surface area (Å²) >= 11 is 1.46. The summed E-state index contributed by atoms with van der Waals surface area (Å²) in [7, 11) is -1.50. The third-order valence-electron chi connectivity index (χ3n) is 14.8. The SMILES string of the molecule is CC[C@H]1[C@@H](O)[C@@H]2[C@H](CC[C@]3(C)[C@@H]([C@H](C)CNC(=O)NC#CS(=O)c4ccc(-c5ccccc5)s4)CC[C@@H]23)[C@@]2(C)CC[C@@H](C3CCC3)C[C@@H]12. The molecule has 260 valence electrons. The summed E-state index contributed by atoms with van der Waals surface area (Å²) in [5.41, 5.74) is 1.65. The Bertz CT molecular complexity index is 1540. The van der Waals surface area contributed by atoms with Gasteiger partial charge in [0.15, 0.2) is 0 Å². The van der Waals surface area contributed by atoms with Gasteiger partial charge >= 0.3 is 6.03 Å². The van der Waals surface area contributed by atoms with Crippen LogP contribution in [0.5, 0.6) is 0 Å². The van der Waals surface area contributed by atoms with Gasteiger partial charge in [0.05, 0.1) is 6.10 Å². The number of fused-ring (bicyclic) bond motifs is 5. The first-order valence-corrected chi connectivity index (χ1v) is 20.9. The number of carbonyl (C=O) groups is 1.